The van der Waals surface area contributed by atoms with Crippen LogP contribution in [-0.4, -0.2) is 17.4 Å². The van der Waals surface area contributed by atoms with E-state index in [0.717, 1.165) is 11.3 Å². The predicted molar refractivity (Wildman–Crippen MR) is 36.2 cm³/mol. The Labute approximate surface area is 58.8 Å². The summed E-state index contributed by atoms with van der Waals surface area (Å²) in [6, 6.07) is 0. The summed E-state index contributed by atoms with van der Waals surface area (Å²) in [6.45, 7) is 2.40. The number of hydrogen-bond donors (Lipinski definition) is 0. The molecule has 0 atom stereocenters. The topological polar surface area (TPSA) is 0 Å². The summed E-state index contributed by atoms with van der Waals surface area (Å²) in [5, 5.41) is 0. The Morgan fingerprint density at radius 1 is 1.38 bits per heavy atom. The van der Waals surface area contributed by atoms with Gasteiger partial charge in [0, 0.05) is 0 Å². The van der Waals surface area contributed by atoms with Crippen molar-refractivity contribution in [3.05, 3.63) is 0 Å². The van der Waals surface area contributed by atoms with E-state index < -0.39 is 0 Å². The Bertz CT molecular complexity index is 97.0. The second-order valence-corrected chi connectivity index (χ2v) is 6.63. The fourth-order valence-corrected chi connectivity index (χ4v) is 6.02. The molecule has 0 unspecified atom stereocenters. The molecule has 1 heterocycles. The Kier molecular flexibility index (Phi) is 1.06. The van der Waals surface area contributed by atoms with Crippen LogP contribution in [0.5, 0.6) is 0 Å². The maximum absolute atomic E-state index is 2.40. The average molecular weight is 166 g/mol. The Morgan fingerprint density at radius 3 is 2.12 bits per heavy atom. The van der Waals surface area contributed by atoms with Gasteiger partial charge in [-0.1, -0.05) is 0 Å². The van der Waals surface area contributed by atoms with Gasteiger partial charge in [-0.2, -0.15) is 0 Å². The van der Waals surface area contributed by atoms with E-state index in [9.17, 15) is 0 Å². The van der Waals surface area contributed by atoms with Crippen LogP contribution in [0.4, 0.5) is 0 Å². The van der Waals surface area contributed by atoms with Crippen LogP contribution in [0.15, 0.2) is 0 Å². The summed E-state index contributed by atoms with van der Waals surface area (Å²) < 4.78 is 0. The first-order chi connectivity index (χ1) is 3.81. The molecule has 1 saturated heterocycles. The van der Waals surface area contributed by atoms with E-state index in [4.69, 9.17) is 0 Å². The Morgan fingerprint density at radius 2 is 2.00 bits per heavy atom. The van der Waals surface area contributed by atoms with Crippen molar-refractivity contribution in [3.63, 3.8) is 0 Å². The van der Waals surface area contributed by atoms with Gasteiger partial charge in [0.05, 0.1) is 0 Å². The van der Waals surface area contributed by atoms with Crippen LogP contribution in [0.2, 0.25) is 9.95 Å². The van der Waals surface area contributed by atoms with Crippen LogP contribution in [-0.2, 0) is 0 Å². The van der Waals surface area contributed by atoms with Gasteiger partial charge in [0.1, 0.15) is 0 Å². The molecule has 43 valence electrons. The molecular weight excluding hydrogens is 154 g/mol. The van der Waals surface area contributed by atoms with Gasteiger partial charge in [0.25, 0.3) is 0 Å². The molecule has 1 heteroatoms. The molecule has 0 aromatic carbocycles. The third kappa shape index (κ3) is 0.607. The summed E-state index contributed by atoms with van der Waals surface area (Å²) in [5.41, 5.74) is 0.986. The molecule has 0 N–H and O–H groups in total. The second kappa shape index (κ2) is 1.57. The molecule has 1 radical (unpaired) electrons. The van der Waals surface area contributed by atoms with Crippen LogP contribution in [0.3, 0.4) is 0 Å². The van der Waals surface area contributed by atoms with Crippen molar-refractivity contribution >= 4 is 17.4 Å². The van der Waals surface area contributed by atoms with Crippen LogP contribution in [0.25, 0.3) is 0 Å². The molecule has 8 heavy (non-hydrogen) atoms. The summed E-state index contributed by atoms with van der Waals surface area (Å²) in [7, 11) is 0. The maximum atomic E-state index is 2.40. The molecule has 0 bridgehead atoms. The van der Waals surface area contributed by atoms with Gasteiger partial charge in [-0.05, 0) is 0 Å². The molecule has 0 amide bonds. The van der Waals surface area contributed by atoms with E-state index in [0.29, 0.717) is 17.4 Å². The van der Waals surface area contributed by atoms with Crippen molar-refractivity contribution in [1.29, 1.82) is 0 Å². The predicted octanol–water partition coefficient (Wildman–Crippen LogP) is 1.96. The van der Waals surface area contributed by atoms with Gasteiger partial charge in [-0.15, -0.1) is 0 Å². The van der Waals surface area contributed by atoms with Gasteiger partial charge in [0.15, 0.2) is 0 Å². The average Bonchev–Trinajstić information content (AvgIpc) is 1.51. The monoisotopic (exact) mass is 165 g/mol. The van der Waals surface area contributed by atoms with Crippen molar-refractivity contribution < 1.29 is 0 Å². The fourth-order valence-electron chi connectivity index (χ4n) is 2.30. The van der Waals surface area contributed by atoms with Crippen LogP contribution >= 0.6 is 0 Å². The Balaban J connectivity index is 1.92. The van der Waals surface area contributed by atoms with Gasteiger partial charge in [-0.25, -0.2) is 0 Å². The first-order valence-corrected chi connectivity index (χ1v) is 7.05. The minimum absolute atomic E-state index is 0.393. The molecule has 0 aromatic rings. The van der Waals surface area contributed by atoms with E-state index in [1.165, 1.54) is 0 Å². The molecule has 1 spiro atoms. The number of rotatable bonds is 0. The third-order valence-electron chi connectivity index (χ3n) is 2.72. The normalized spacial score (nSPS) is 33.1. The van der Waals surface area contributed by atoms with Crippen molar-refractivity contribution in [2.45, 2.75) is 29.7 Å². The standard InChI is InChI=1S/C7H12.Ga/c1-6-4-7(2,3)5-6;/h6H,2-5H2,1H3;. The minimum atomic E-state index is 0.393. The van der Waals surface area contributed by atoms with Crippen molar-refractivity contribution in [2.75, 3.05) is 0 Å². The summed E-state index contributed by atoms with van der Waals surface area (Å²) in [5.74, 6) is 1.09. The third-order valence-corrected chi connectivity index (χ3v) is 7.56. The molecular formula is C7H12Ga. The Hall–Kier alpha value is 0.636. The summed E-state index contributed by atoms with van der Waals surface area (Å²) in [4.78, 5) is 3.42. The number of hydrogen-bond acceptors (Lipinski definition) is 0. The van der Waals surface area contributed by atoms with Gasteiger partial charge >= 0.3 is 58.5 Å². The van der Waals surface area contributed by atoms with Crippen LogP contribution in [0, 0.1) is 11.3 Å². The molecule has 0 nitrogen and oxygen atoms in total. The zero-order chi connectivity index (χ0) is 5.61. The molecule has 1 aliphatic carbocycles. The van der Waals surface area contributed by atoms with E-state index in [1.54, 1.807) is 22.8 Å². The van der Waals surface area contributed by atoms with Gasteiger partial charge in [0.2, 0.25) is 0 Å². The zero-order valence-electron chi connectivity index (χ0n) is 5.48. The summed E-state index contributed by atoms with van der Waals surface area (Å²) >= 11 is 0.393. The van der Waals surface area contributed by atoms with E-state index in [2.05, 4.69) is 6.92 Å². The second-order valence-electron chi connectivity index (χ2n) is 3.71. The van der Waals surface area contributed by atoms with Gasteiger partial charge in [-0.3, -0.25) is 0 Å². The first-order valence-electron chi connectivity index (χ1n) is 3.62. The van der Waals surface area contributed by atoms with Gasteiger partial charge < -0.3 is 0 Å². The summed E-state index contributed by atoms with van der Waals surface area (Å²) in [6.07, 6.45) is 3.18. The van der Waals surface area contributed by atoms with E-state index >= 15 is 0 Å². The van der Waals surface area contributed by atoms with E-state index in [-0.39, 0.29) is 0 Å². The fraction of sp³-hybridized carbons (Fsp3) is 1.00. The van der Waals surface area contributed by atoms with Crippen molar-refractivity contribution in [3.8, 4) is 0 Å². The van der Waals surface area contributed by atoms with Crippen molar-refractivity contribution in [2.24, 2.45) is 11.3 Å². The molecule has 1 saturated carbocycles. The quantitative estimate of drug-likeness (QED) is 0.482. The zero-order valence-corrected chi connectivity index (χ0v) is 7.91. The molecule has 2 aliphatic rings. The van der Waals surface area contributed by atoms with E-state index in [1.807, 2.05) is 0 Å². The van der Waals surface area contributed by atoms with Crippen LogP contribution < -0.4 is 0 Å². The van der Waals surface area contributed by atoms with Crippen molar-refractivity contribution in [1.82, 2.24) is 0 Å². The molecule has 1 aliphatic heterocycles. The van der Waals surface area contributed by atoms with Crippen LogP contribution in [0.1, 0.15) is 19.8 Å². The SMILES string of the molecule is CC1CC2([CH2][Ga][CH2]2)C1. The molecule has 2 fully saturated rings. The molecule has 2 rings (SSSR count). The first kappa shape index (κ1) is 5.42. The molecule has 0 aromatic heterocycles.